The molecule has 0 bridgehead atoms. The molecule has 3 amide bonds. The van der Waals surface area contributed by atoms with Gasteiger partial charge in [0.15, 0.2) is 5.76 Å². The molecule has 0 unspecified atom stereocenters. The van der Waals surface area contributed by atoms with Gasteiger partial charge in [-0.1, -0.05) is 19.3 Å². The molecule has 0 saturated heterocycles. The number of carbonyl (C=O) groups is 2. The van der Waals surface area contributed by atoms with Crippen LogP contribution in [0.5, 0.6) is 0 Å². The van der Waals surface area contributed by atoms with Gasteiger partial charge in [0.1, 0.15) is 5.58 Å². The molecule has 3 aliphatic rings. The van der Waals surface area contributed by atoms with Crippen LogP contribution in [0.4, 0.5) is 10.5 Å². The van der Waals surface area contributed by atoms with E-state index in [0.717, 1.165) is 67.1 Å². The van der Waals surface area contributed by atoms with Gasteiger partial charge in [-0.15, -0.1) is 11.6 Å². The Bertz CT molecular complexity index is 955. The molecule has 6 nitrogen and oxygen atoms in total. The number of primary amides is 1. The van der Waals surface area contributed by atoms with E-state index in [9.17, 15) is 9.59 Å². The Morgan fingerprint density at radius 1 is 1.15 bits per heavy atom. The van der Waals surface area contributed by atoms with Crippen LogP contribution in [-0.2, 0) is 10.4 Å². The molecule has 1 aliphatic heterocycles. The number of anilines is 1. The second-order valence-electron chi connectivity index (χ2n) is 7.75. The summed E-state index contributed by atoms with van der Waals surface area (Å²) in [6.45, 7) is 0. The van der Waals surface area contributed by atoms with E-state index in [-0.39, 0.29) is 11.8 Å². The molecule has 0 radical (unpaired) electrons. The van der Waals surface area contributed by atoms with Gasteiger partial charge in [-0.25, -0.2) is 4.79 Å². The molecule has 2 aliphatic carbocycles. The average Bonchev–Trinajstić information content (AvgIpc) is 3.19. The summed E-state index contributed by atoms with van der Waals surface area (Å²) in [6.07, 6.45) is 6.61. The van der Waals surface area contributed by atoms with Crippen molar-refractivity contribution in [3.63, 3.8) is 0 Å². The molecule has 136 valence electrons. The highest BCUT2D eigenvalue weighted by molar-refractivity contribution is 6.27. The molecule has 1 spiro atoms. The number of halogens is 1. The first-order chi connectivity index (χ1) is 12.4. The second kappa shape index (κ2) is 5.16. The average molecular weight is 374 g/mol. The molecule has 2 fully saturated rings. The van der Waals surface area contributed by atoms with Crippen LogP contribution < -0.4 is 16.4 Å². The van der Waals surface area contributed by atoms with Gasteiger partial charge in [0.2, 0.25) is 0 Å². The van der Waals surface area contributed by atoms with E-state index in [1.54, 1.807) is 6.07 Å². The van der Waals surface area contributed by atoms with Crippen LogP contribution in [0.1, 0.15) is 66.6 Å². The lowest BCUT2D eigenvalue weighted by atomic mass is 9.73. The molecule has 2 heterocycles. The number of hydrogen-bond donors (Lipinski definition) is 3. The third kappa shape index (κ3) is 2.18. The van der Waals surface area contributed by atoms with Crippen LogP contribution in [0.25, 0.3) is 11.0 Å². The standard InChI is InChI=1S/C19H20ClN3O3/c20-18(6-7-18)11-8-10-9-12(16(21)24)26-15(10)13-14(11)22-17(25)23-19(13)4-2-1-3-5-19/h8-9H,1-7H2,(H2,21,24)(H2,22,23,25). The molecule has 2 saturated carbocycles. The van der Waals surface area contributed by atoms with Gasteiger partial charge in [0.05, 0.1) is 16.1 Å². The maximum absolute atomic E-state index is 12.5. The van der Waals surface area contributed by atoms with Crippen molar-refractivity contribution in [2.45, 2.75) is 55.4 Å². The number of nitrogens with two attached hydrogens (primary N) is 1. The summed E-state index contributed by atoms with van der Waals surface area (Å²) in [4.78, 5) is 23.7. The van der Waals surface area contributed by atoms with Crippen LogP contribution >= 0.6 is 11.6 Å². The molecule has 1 aromatic heterocycles. The predicted molar refractivity (Wildman–Crippen MR) is 98.4 cm³/mol. The maximum atomic E-state index is 12.5. The Morgan fingerprint density at radius 3 is 2.54 bits per heavy atom. The summed E-state index contributed by atoms with van der Waals surface area (Å²) in [5.74, 6) is -0.476. The first-order valence-corrected chi connectivity index (χ1v) is 9.49. The number of amides is 3. The monoisotopic (exact) mass is 373 g/mol. The van der Waals surface area contributed by atoms with E-state index in [2.05, 4.69) is 10.6 Å². The van der Waals surface area contributed by atoms with E-state index in [1.807, 2.05) is 6.07 Å². The topological polar surface area (TPSA) is 97.4 Å². The Kier molecular flexibility index (Phi) is 3.18. The lowest BCUT2D eigenvalue weighted by Gasteiger charge is -2.43. The van der Waals surface area contributed by atoms with Gasteiger partial charge in [-0.2, -0.15) is 0 Å². The highest BCUT2D eigenvalue weighted by Crippen LogP contribution is 2.58. The zero-order valence-electron chi connectivity index (χ0n) is 14.3. The minimum Gasteiger partial charge on any atom is -0.450 e. The first kappa shape index (κ1) is 16.0. The van der Waals surface area contributed by atoms with Crippen molar-refractivity contribution in [3.05, 3.63) is 29.0 Å². The van der Waals surface area contributed by atoms with Crippen molar-refractivity contribution in [2.75, 3.05) is 5.32 Å². The highest BCUT2D eigenvalue weighted by atomic mass is 35.5. The van der Waals surface area contributed by atoms with Crippen molar-refractivity contribution < 1.29 is 14.0 Å². The van der Waals surface area contributed by atoms with Gasteiger partial charge < -0.3 is 20.8 Å². The molecule has 5 rings (SSSR count). The highest BCUT2D eigenvalue weighted by Gasteiger charge is 2.50. The van der Waals surface area contributed by atoms with E-state index >= 15 is 0 Å². The van der Waals surface area contributed by atoms with E-state index in [0.29, 0.717) is 5.58 Å². The Labute approximate surface area is 155 Å². The molecule has 26 heavy (non-hydrogen) atoms. The lowest BCUT2D eigenvalue weighted by molar-refractivity contribution is 0.0975. The minimum absolute atomic E-state index is 0.127. The van der Waals surface area contributed by atoms with Crippen molar-refractivity contribution in [3.8, 4) is 0 Å². The number of urea groups is 1. The van der Waals surface area contributed by atoms with Crippen molar-refractivity contribution >= 4 is 40.2 Å². The van der Waals surface area contributed by atoms with Crippen LogP contribution in [-0.4, -0.2) is 11.9 Å². The van der Waals surface area contributed by atoms with E-state index in [1.165, 1.54) is 0 Å². The number of furan rings is 1. The number of alkyl halides is 1. The fourth-order valence-corrected chi connectivity index (χ4v) is 4.82. The SMILES string of the molecule is NC(=O)c1cc2cc(C3(Cl)CC3)c3c(c2o1)C1(CCCCC1)NC(=O)N3. The number of hydrogen-bond acceptors (Lipinski definition) is 3. The molecule has 1 aromatic carbocycles. The molecule has 7 heteroatoms. The quantitative estimate of drug-likeness (QED) is 0.692. The van der Waals surface area contributed by atoms with Crippen molar-refractivity contribution in [1.29, 1.82) is 0 Å². The Balaban J connectivity index is 1.85. The fourth-order valence-electron chi connectivity index (χ4n) is 4.58. The summed E-state index contributed by atoms with van der Waals surface area (Å²) in [5, 5.41) is 6.92. The van der Waals surface area contributed by atoms with Crippen LogP contribution in [0.3, 0.4) is 0 Å². The van der Waals surface area contributed by atoms with Gasteiger partial charge >= 0.3 is 6.03 Å². The summed E-state index contributed by atoms with van der Waals surface area (Å²) >= 11 is 6.76. The summed E-state index contributed by atoms with van der Waals surface area (Å²) < 4.78 is 5.87. The predicted octanol–water partition coefficient (Wildman–Crippen LogP) is 4.05. The van der Waals surface area contributed by atoms with Crippen molar-refractivity contribution in [2.24, 2.45) is 5.73 Å². The van der Waals surface area contributed by atoms with Gasteiger partial charge in [0, 0.05) is 10.9 Å². The largest absolute Gasteiger partial charge is 0.450 e. The molecule has 4 N–H and O–H groups in total. The molecular weight excluding hydrogens is 354 g/mol. The normalized spacial score (nSPS) is 22.6. The van der Waals surface area contributed by atoms with Gasteiger partial charge in [-0.05, 0) is 43.4 Å². The summed E-state index contributed by atoms with van der Waals surface area (Å²) in [7, 11) is 0. The third-order valence-electron chi connectivity index (χ3n) is 6.00. The smallest absolute Gasteiger partial charge is 0.319 e. The number of rotatable bonds is 2. The van der Waals surface area contributed by atoms with E-state index in [4.69, 9.17) is 21.8 Å². The Hall–Kier alpha value is -2.21. The zero-order chi connectivity index (χ0) is 18.1. The first-order valence-electron chi connectivity index (χ1n) is 9.11. The Morgan fingerprint density at radius 2 is 1.88 bits per heavy atom. The molecular formula is C19H20ClN3O3. The summed E-state index contributed by atoms with van der Waals surface area (Å²) in [5.41, 5.74) is 8.16. The van der Waals surface area contributed by atoms with Crippen molar-refractivity contribution in [1.82, 2.24) is 5.32 Å². The third-order valence-corrected chi connectivity index (χ3v) is 6.58. The zero-order valence-corrected chi connectivity index (χ0v) is 15.0. The van der Waals surface area contributed by atoms with Gasteiger partial charge in [-0.3, -0.25) is 4.79 Å². The maximum Gasteiger partial charge on any atom is 0.319 e. The lowest BCUT2D eigenvalue weighted by Crippen LogP contribution is -2.53. The molecule has 2 aromatic rings. The number of carbonyl (C=O) groups excluding carboxylic acids is 2. The van der Waals surface area contributed by atoms with Crippen LogP contribution in [0.2, 0.25) is 0 Å². The number of fused-ring (bicyclic) bond motifs is 4. The number of benzene rings is 1. The van der Waals surface area contributed by atoms with Crippen LogP contribution in [0, 0.1) is 0 Å². The van der Waals surface area contributed by atoms with Gasteiger partial charge in [0.25, 0.3) is 5.91 Å². The van der Waals surface area contributed by atoms with E-state index < -0.39 is 16.3 Å². The van der Waals surface area contributed by atoms with Crippen LogP contribution in [0.15, 0.2) is 16.5 Å². The summed E-state index contributed by atoms with van der Waals surface area (Å²) in [6, 6.07) is 3.41. The number of nitrogens with one attached hydrogen (secondary N) is 2. The fraction of sp³-hybridized carbons (Fsp3) is 0.474. The minimum atomic E-state index is -0.603. The second-order valence-corrected chi connectivity index (χ2v) is 8.48. The molecule has 0 atom stereocenters.